The molecule has 0 bridgehead atoms. The number of nitrogens with zero attached hydrogens (tertiary/aromatic N) is 3. The molecule has 3 N–H and O–H groups in total. The van der Waals surface area contributed by atoms with Crippen LogP contribution >= 0.6 is 0 Å². The molecule has 1 aromatic heterocycles. The van der Waals surface area contributed by atoms with E-state index in [-0.39, 0.29) is 12.3 Å². The minimum atomic E-state index is -0.831. The highest BCUT2D eigenvalue weighted by molar-refractivity contribution is 6.65. The molecule has 28 heavy (non-hydrogen) atoms. The van der Waals surface area contributed by atoms with Crippen LogP contribution in [0.4, 0.5) is 0 Å². The van der Waals surface area contributed by atoms with Crippen LogP contribution in [0.5, 0.6) is 0 Å². The van der Waals surface area contributed by atoms with Crippen molar-refractivity contribution in [2.45, 2.75) is 12.3 Å². The predicted octanol–water partition coefficient (Wildman–Crippen LogP) is 1.06. The van der Waals surface area contributed by atoms with Crippen LogP contribution in [0.2, 0.25) is 0 Å². The van der Waals surface area contributed by atoms with Gasteiger partial charge in [0.15, 0.2) is 0 Å². The zero-order valence-electron chi connectivity index (χ0n) is 15.6. The van der Waals surface area contributed by atoms with Gasteiger partial charge in [0.2, 0.25) is 0 Å². The van der Waals surface area contributed by atoms with Gasteiger partial charge in [-0.2, -0.15) is 5.10 Å². The zero-order valence-corrected chi connectivity index (χ0v) is 15.6. The summed E-state index contributed by atoms with van der Waals surface area (Å²) in [5.74, 6) is -0.363. The number of fused-ring (bicyclic) bond motifs is 2. The van der Waals surface area contributed by atoms with Crippen LogP contribution in [-0.2, 0) is 11.2 Å². The van der Waals surface area contributed by atoms with Crippen LogP contribution < -0.4 is 11.2 Å². The van der Waals surface area contributed by atoms with Crippen LogP contribution in [0.15, 0.2) is 60.0 Å². The minimum absolute atomic E-state index is 0.0585. The Bertz CT molecular complexity index is 1070. The molecule has 1 atom stereocenters. The lowest BCUT2D eigenvalue weighted by Crippen LogP contribution is -2.48. The molecule has 4 rings (SSSR count). The first-order valence-corrected chi connectivity index (χ1v) is 9.21. The molecule has 1 aliphatic heterocycles. The molecule has 1 aliphatic rings. The summed E-state index contributed by atoms with van der Waals surface area (Å²) >= 11 is 0. The summed E-state index contributed by atoms with van der Waals surface area (Å²) in [6.45, 7) is 0.217. The second-order valence-electron chi connectivity index (χ2n) is 7.07. The number of carbonyl (C=O) groups is 1. The standard InChI is InChI=1S/C21H21BN4O2/c1-26-22(28)20-10-16(4-5-18(20)13-25-26)19(11-23)21(27)9-14-2-3-17-12-24-7-6-15(17)8-14/h2-8,10,12-13,19,28H,9,11,23H2,1H3. The molecule has 0 fully saturated rings. The summed E-state index contributed by atoms with van der Waals surface area (Å²) in [4.78, 5) is 18.6. The van der Waals surface area contributed by atoms with Crippen molar-refractivity contribution in [3.05, 3.63) is 71.5 Å². The fraction of sp³-hybridized carbons (Fsp3) is 0.190. The quantitative estimate of drug-likeness (QED) is 0.654. The van der Waals surface area contributed by atoms with E-state index in [0.29, 0.717) is 6.42 Å². The Morgan fingerprint density at radius 3 is 2.89 bits per heavy atom. The molecule has 6 nitrogen and oxygen atoms in total. The third-order valence-corrected chi connectivity index (χ3v) is 5.23. The molecule has 0 spiro atoms. The van der Waals surface area contributed by atoms with Gasteiger partial charge in [-0.3, -0.25) is 9.78 Å². The van der Waals surface area contributed by atoms with Gasteiger partial charge in [-0.25, -0.2) is 0 Å². The zero-order chi connectivity index (χ0) is 19.7. The van der Waals surface area contributed by atoms with Gasteiger partial charge in [0.25, 0.3) is 0 Å². The summed E-state index contributed by atoms with van der Waals surface area (Å²) in [6, 6.07) is 13.5. The van der Waals surface area contributed by atoms with E-state index in [4.69, 9.17) is 5.73 Å². The summed E-state index contributed by atoms with van der Waals surface area (Å²) < 4.78 is 0. The van der Waals surface area contributed by atoms with Gasteiger partial charge in [0.05, 0.1) is 12.1 Å². The van der Waals surface area contributed by atoms with Crippen molar-refractivity contribution in [3.8, 4) is 0 Å². The van der Waals surface area contributed by atoms with Gasteiger partial charge in [-0.1, -0.05) is 36.4 Å². The van der Waals surface area contributed by atoms with Crippen molar-refractivity contribution in [2.24, 2.45) is 10.8 Å². The summed E-state index contributed by atoms with van der Waals surface area (Å²) in [7, 11) is 0.875. The van der Waals surface area contributed by atoms with E-state index in [9.17, 15) is 9.82 Å². The lowest BCUT2D eigenvalue weighted by molar-refractivity contribution is -0.119. The number of nitrogens with two attached hydrogens (primary N) is 1. The van der Waals surface area contributed by atoms with Crippen molar-refractivity contribution >= 4 is 35.3 Å². The maximum Gasteiger partial charge on any atom is 0.466 e. The highest BCUT2D eigenvalue weighted by Gasteiger charge is 2.28. The molecular weight excluding hydrogens is 351 g/mol. The average Bonchev–Trinajstić information content (AvgIpc) is 2.71. The van der Waals surface area contributed by atoms with Crippen LogP contribution in [0.25, 0.3) is 10.8 Å². The third-order valence-electron chi connectivity index (χ3n) is 5.23. The summed E-state index contributed by atoms with van der Waals surface area (Å²) in [5, 5.41) is 16.6. The maximum absolute atomic E-state index is 13.0. The molecular formula is C21H21BN4O2. The van der Waals surface area contributed by atoms with E-state index < -0.39 is 13.0 Å². The van der Waals surface area contributed by atoms with Crippen LogP contribution in [0.1, 0.15) is 22.6 Å². The predicted molar refractivity (Wildman–Crippen MR) is 112 cm³/mol. The van der Waals surface area contributed by atoms with E-state index in [1.54, 1.807) is 19.5 Å². The highest BCUT2D eigenvalue weighted by Crippen LogP contribution is 2.21. The molecule has 3 aromatic rings. The molecule has 140 valence electrons. The molecule has 7 heteroatoms. The van der Waals surface area contributed by atoms with E-state index in [0.717, 1.165) is 32.9 Å². The summed E-state index contributed by atoms with van der Waals surface area (Å²) in [5.41, 5.74) is 9.31. The lowest BCUT2D eigenvalue weighted by Gasteiger charge is -2.24. The van der Waals surface area contributed by atoms with E-state index in [1.165, 1.54) is 4.92 Å². The number of Topliss-reactive ketones (excluding diaryl/α,β-unsaturated/α-hetero) is 1. The molecule has 0 saturated carbocycles. The number of aromatic nitrogens is 1. The van der Waals surface area contributed by atoms with E-state index >= 15 is 0 Å². The molecule has 2 aromatic carbocycles. The van der Waals surface area contributed by atoms with Gasteiger partial charge >= 0.3 is 7.05 Å². The Hall–Kier alpha value is -3.03. The normalized spacial score (nSPS) is 14.2. The summed E-state index contributed by atoms with van der Waals surface area (Å²) in [6.07, 6.45) is 5.56. The fourth-order valence-electron chi connectivity index (χ4n) is 3.59. The van der Waals surface area contributed by atoms with Gasteiger partial charge in [-0.15, -0.1) is 0 Å². The van der Waals surface area contributed by atoms with Crippen LogP contribution in [0.3, 0.4) is 0 Å². The number of ketones is 1. The highest BCUT2D eigenvalue weighted by atomic mass is 16.2. The number of pyridine rings is 1. The van der Waals surface area contributed by atoms with Gasteiger partial charge in [0.1, 0.15) is 5.78 Å². The first-order valence-electron chi connectivity index (χ1n) is 9.21. The number of hydrazone groups is 1. The van der Waals surface area contributed by atoms with Crippen molar-refractivity contribution < 1.29 is 9.82 Å². The number of rotatable bonds is 5. The Kier molecular flexibility index (Phi) is 4.94. The van der Waals surface area contributed by atoms with Gasteiger partial charge in [0, 0.05) is 37.8 Å². The number of hydrogen-bond acceptors (Lipinski definition) is 6. The topological polar surface area (TPSA) is 91.8 Å². The Morgan fingerprint density at radius 2 is 2.07 bits per heavy atom. The second-order valence-corrected chi connectivity index (χ2v) is 7.07. The average molecular weight is 372 g/mol. The molecule has 0 radical (unpaired) electrons. The minimum Gasteiger partial charge on any atom is -0.428 e. The molecule has 1 unspecified atom stereocenters. The number of benzene rings is 2. The lowest BCUT2D eigenvalue weighted by atomic mass is 9.69. The van der Waals surface area contributed by atoms with Gasteiger partial charge < -0.3 is 15.7 Å². The Labute approximate surface area is 163 Å². The monoisotopic (exact) mass is 372 g/mol. The number of carbonyl (C=O) groups excluding carboxylic acids is 1. The Balaban J connectivity index is 1.59. The Morgan fingerprint density at radius 1 is 1.21 bits per heavy atom. The molecule has 0 saturated heterocycles. The molecule has 2 heterocycles. The van der Waals surface area contributed by atoms with Crippen LogP contribution in [0, 0.1) is 0 Å². The largest absolute Gasteiger partial charge is 0.466 e. The number of hydrogen-bond donors (Lipinski definition) is 2. The SMILES string of the molecule is CN1N=Cc2ccc(C(CN)C(=O)Cc3ccc4cnccc4c3)cc2B1O. The second kappa shape index (κ2) is 7.54. The van der Waals surface area contributed by atoms with Gasteiger partial charge in [-0.05, 0) is 33.6 Å². The van der Waals surface area contributed by atoms with E-state index in [1.807, 2.05) is 48.7 Å². The molecule has 0 amide bonds. The smallest absolute Gasteiger partial charge is 0.428 e. The molecule has 0 aliphatic carbocycles. The third kappa shape index (κ3) is 3.42. The first kappa shape index (κ1) is 18.3. The van der Waals surface area contributed by atoms with Crippen molar-refractivity contribution in [3.63, 3.8) is 0 Å². The van der Waals surface area contributed by atoms with E-state index in [2.05, 4.69) is 10.1 Å². The van der Waals surface area contributed by atoms with Crippen LogP contribution in [-0.4, -0.2) is 47.6 Å². The first-order chi connectivity index (χ1) is 13.6. The fourth-order valence-corrected chi connectivity index (χ4v) is 3.59. The van der Waals surface area contributed by atoms with Crippen molar-refractivity contribution in [1.29, 1.82) is 0 Å². The maximum atomic E-state index is 13.0. The van der Waals surface area contributed by atoms with Crippen molar-refractivity contribution in [1.82, 2.24) is 9.90 Å². The van der Waals surface area contributed by atoms with Crippen molar-refractivity contribution in [2.75, 3.05) is 13.6 Å².